The number of rotatable bonds is 2. The first kappa shape index (κ1) is 16.1. The standard InChI is InChI=1S/C21H27FO2/c1-3-20-9-10-21(4-2)17(12-18(24)19(21)22)16(20)7-5-13-11-14(23)6-8-15(13)20/h3,6,8,11,16-19,23-24H,1,4-5,7,9-10,12H2,2H3/t16?,17?,18-,19+,20-,21+/m1/s1. The summed E-state index contributed by atoms with van der Waals surface area (Å²) < 4.78 is 14.9. The molecule has 0 aromatic heterocycles. The van der Waals surface area contributed by atoms with Gasteiger partial charge < -0.3 is 10.2 Å². The van der Waals surface area contributed by atoms with Crippen LogP contribution in [0.15, 0.2) is 30.9 Å². The number of phenolic OH excluding ortho intramolecular Hbond substituents is 1. The lowest BCUT2D eigenvalue weighted by Gasteiger charge is -2.56. The number of aryl methyl sites for hydroxylation is 1. The molecule has 4 rings (SSSR count). The van der Waals surface area contributed by atoms with E-state index in [0.717, 1.165) is 32.1 Å². The Bertz CT molecular complexity index is 672. The number of phenols is 1. The van der Waals surface area contributed by atoms with Crippen molar-refractivity contribution in [3.05, 3.63) is 42.0 Å². The first-order chi connectivity index (χ1) is 11.5. The molecule has 3 aliphatic carbocycles. The fourth-order valence-electron chi connectivity index (χ4n) is 6.42. The molecule has 3 heteroatoms. The van der Waals surface area contributed by atoms with Crippen molar-refractivity contribution in [1.82, 2.24) is 0 Å². The third-order valence-electron chi connectivity index (χ3n) is 7.61. The zero-order valence-corrected chi connectivity index (χ0v) is 14.3. The average Bonchev–Trinajstić information content (AvgIpc) is 2.85. The average molecular weight is 330 g/mol. The van der Waals surface area contributed by atoms with Crippen LogP contribution in [0.3, 0.4) is 0 Å². The molecule has 0 spiro atoms. The molecule has 2 fully saturated rings. The third kappa shape index (κ3) is 1.85. The van der Waals surface area contributed by atoms with Gasteiger partial charge in [0.25, 0.3) is 0 Å². The first-order valence-electron chi connectivity index (χ1n) is 9.26. The van der Waals surface area contributed by atoms with Crippen LogP contribution in [0.25, 0.3) is 0 Å². The van der Waals surface area contributed by atoms with Gasteiger partial charge in [0.05, 0.1) is 6.10 Å². The van der Waals surface area contributed by atoms with Crippen molar-refractivity contribution in [2.45, 2.75) is 63.1 Å². The van der Waals surface area contributed by atoms with Crippen LogP contribution < -0.4 is 0 Å². The first-order valence-corrected chi connectivity index (χ1v) is 9.26. The molecule has 3 aliphatic rings. The lowest BCUT2D eigenvalue weighted by Crippen LogP contribution is -2.52. The van der Waals surface area contributed by atoms with Crippen molar-refractivity contribution in [2.75, 3.05) is 0 Å². The second kappa shape index (κ2) is 5.32. The predicted octanol–water partition coefficient (Wildman–Crippen LogP) is 4.29. The highest BCUT2D eigenvalue weighted by molar-refractivity contribution is 5.46. The number of fused-ring (bicyclic) bond motifs is 5. The second-order valence-electron chi connectivity index (χ2n) is 8.13. The molecule has 0 amide bonds. The number of aliphatic hydroxyl groups is 1. The van der Waals surface area contributed by atoms with Gasteiger partial charge >= 0.3 is 0 Å². The Labute approximate surface area is 143 Å². The molecule has 24 heavy (non-hydrogen) atoms. The maximum atomic E-state index is 14.9. The van der Waals surface area contributed by atoms with Gasteiger partial charge in [0.2, 0.25) is 0 Å². The van der Waals surface area contributed by atoms with Crippen molar-refractivity contribution in [1.29, 1.82) is 0 Å². The smallest absolute Gasteiger partial charge is 0.132 e. The summed E-state index contributed by atoms with van der Waals surface area (Å²) in [5, 5.41) is 20.1. The summed E-state index contributed by atoms with van der Waals surface area (Å²) >= 11 is 0. The van der Waals surface area contributed by atoms with E-state index in [1.54, 1.807) is 6.07 Å². The summed E-state index contributed by atoms with van der Waals surface area (Å²) in [5.74, 6) is 0.850. The summed E-state index contributed by atoms with van der Waals surface area (Å²) in [6.07, 6.45) is 5.09. The number of halogens is 1. The summed E-state index contributed by atoms with van der Waals surface area (Å²) in [7, 11) is 0. The van der Waals surface area contributed by atoms with Gasteiger partial charge in [0.15, 0.2) is 0 Å². The van der Waals surface area contributed by atoms with Crippen LogP contribution in [0.4, 0.5) is 4.39 Å². The van der Waals surface area contributed by atoms with E-state index in [-0.39, 0.29) is 16.7 Å². The van der Waals surface area contributed by atoms with E-state index in [0.29, 0.717) is 18.1 Å². The van der Waals surface area contributed by atoms with Gasteiger partial charge in [0, 0.05) is 10.8 Å². The molecular weight excluding hydrogens is 303 g/mol. The lowest BCUT2D eigenvalue weighted by atomic mass is 9.47. The van der Waals surface area contributed by atoms with Gasteiger partial charge in [0.1, 0.15) is 11.9 Å². The fourth-order valence-corrected chi connectivity index (χ4v) is 6.42. The lowest BCUT2D eigenvalue weighted by molar-refractivity contribution is -0.0359. The van der Waals surface area contributed by atoms with Gasteiger partial charge in [-0.1, -0.05) is 19.1 Å². The highest BCUT2D eigenvalue weighted by Gasteiger charge is 2.63. The van der Waals surface area contributed by atoms with Crippen LogP contribution in [0, 0.1) is 17.3 Å². The molecule has 2 nitrogen and oxygen atoms in total. The minimum atomic E-state index is -1.10. The van der Waals surface area contributed by atoms with Crippen LogP contribution in [0.2, 0.25) is 0 Å². The molecule has 1 aromatic rings. The SMILES string of the molecule is C=C[C@]12CC[C@@]3(CC)C(C[C@@H](O)[C@@H]3F)C1CCc1cc(O)ccc12. The van der Waals surface area contributed by atoms with Crippen molar-refractivity contribution in [2.24, 2.45) is 17.3 Å². The Balaban J connectivity index is 1.83. The number of allylic oxidation sites excluding steroid dienone is 1. The molecule has 1 aromatic carbocycles. The largest absolute Gasteiger partial charge is 0.508 e. The van der Waals surface area contributed by atoms with E-state index in [2.05, 4.69) is 19.6 Å². The zero-order valence-electron chi connectivity index (χ0n) is 14.3. The Morgan fingerprint density at radius 3 is 2.83 bits per heavy atom. The fraction of sp³-hybridized carbons (Fsp3) is 0.619. The van der Waals surface area contributed by atoms with Crippen LogP contribution in [0.1, 0.15) is 50.2 Å². The summed E-state index contributed by atoms with van der Waals surface area (Å²) in [6, 6.07) is 5.67. The van der Waals surface area contributed by atoms with Crippen LogP contribution in [0.5, 0.6) is 5.75 Å². The molecule has 0 aliphatic heterocycles. The quantitative estimate of drug-likeness (QED) is 0.794. The molecule has 0 saturated heterocycles. The van der Waals surface area contributed by atoms with Crippen molar-refractivity contribution < 1.29 is 14.6 Å². The topological polar surface area (TPSA) is 40.5 Å². The minimum Gasteiger partial charge on any atom is -0.508 e. The van der Waals surface area contributed by atoms with Crippen molar-refractivity contribution in [3.8, 4) is 5.75 Å². The van der Waals surface area contributed by atoms with Crippen LogP contribution >= 0.6 is 0 Å². The summed E-state index contributed by atoms with van der Waals surface area (Å²) in [4.78, 5) is 0. The van der Waals surface area contributed by atoms with E-state index in [1.165, 1.54) is 11.1 Å². The highest BCUT2D eigenvalue weighted by Crippen LogP contribution is 2.65. The highest BCUT2D eigenvalue weighted by atomic mass is 19.1. The molecule has 2 N–H and O–H groups in total. The number of alkyl halides is 1. The predicted molar refractivity (Wildman–Crippen MR) is 92.8 cm³/mol. The molecule has 6 atom stereocenters. The Morgan fingerprint density at radius 2 is 2.12 bits per heavy atom. The van der Waals surface area contributed by atoms with Gasteiger partial charge in [-0.05, 0) is 73.6 Å². The molecular formula is C21H27FO2. The Morgan fingerprint density at radius 1 is 1.33 bits per heavy atom. The Hall–Kier alpha value is -1.35. The maximum Gasteiger partial charge on any atom is 0.132 e. The minimum absolute atomic E-state index is 0.144. The van der Waals surface area contributed by atoms with Crippen molar-refractivity contribution in [3.63, 3.8) is 0 Å². The second-order valence-corrected chi connectivity index (χ2v) is 8.13. The molecule has 130 valence electrons. The Kier molecular flexibility index (Phi) is 3.58. The maximum absolute atomic E-state index is 14.9. The normalized spacial score (nSPS) is 43.6. The molecule has 2 saturated carbocycles. The monoisotopic (exact) mass is 330 g/mol. The number of hydrogen-bond donors (Lipinski definition) is 2. The molecule has 0 heterocycles. The number of aromatic hydroxyl groups is 1. The van der Waals surface area contributed by atoms with Crippen LogP contribution in [-0.2, 0) is 11.8 Å². The van der Waals surface area contributed by atoms with E-state index >= 15 is 0 Å². The van der Waals surface area contributed by atoms with Crippen molar-refractivity contribution >= 4 is 0 Å². The van der Waals surface area contributed by atoms with Gasteiger partial charge in [-0.3, -0.25) is 0 Å². The molecule has 0 radical (unpaired) electrons. The summed E-state index contributed by atoms with van der Waals surface area (Å²) in [6.45, 7) is 6.24. The zero-order chi connectivity index (χ0) is 17.1. The number of benzene rings is 1. The van der Waals surface area contributed by atoms with Gasteiger partial charge in [-0.15, -0.1) is 6.58 Å². The molecule has 2 unspecified atom stereocenters. The number of aliphatic hydroxyl groups excluding tert-OH is 1. The van der Waals surface area contributed by atoms with Gasteiger partial charge in [-0.25, -0.2) is 4.39 Å². The van der Waals surface area contributed by atoms with Crippen LogP contribution in [-0.4, -0.2) is 22.5 Å². The molecule has 0 bridgehead atoms. The van der Waals surface area contributed by atoms with Gasteiger partial charge in [-0.2, -0.15) is 0 Å². The van der Waals surface area contributed by atoms with E-state index in [9.17, 15) is 14.6 Å². The summed E-state index contributed by atoms with van der Waals surface area (Å²) in [5.41, 5.74) is 1.94. The van der Waals surface area contributed by atoms with E-state index in [4.69, 9.17) is 0 Å². The number of hydrogen-bond acceptors (Lipinski definition) is 2. The van der Waals surface area contributed by atoms with E-state index in [1.807, 2.05) is 12.1 Å². The van der Waals surface area contributed by atoms with E-state index < -0.39 is 12.3 Å². The third-order valence-corrected chi connectivity index (χ3v) is 7.61.